The van der Waals surface area contributed by atoms with Crippen molar-refractivity contribution in [2.24, 2.45) is 5.73 Å². The van der Waals surface area contributed by atoms with Crippen molar-refractivity contribution < 1.29 is 9.90 Å². The Morgan fingerprint density at radius 2 is 2.10 bits per heavy atom. The fourth-order valence-electron chi connectivity index (χ4n) is 0.471. The van der Waals surface area contributed by atoms with Crippen LogP contribution in [0, 0.1) is 0 Å². The number of carboxylic acid groups (broad SMARTS) is 1. The molecule has 0 amide bonds. The van der Waals surface area contributed by atoms with Crippen molar-refractivity contribution in [3.8, 4) is 0 Å². The van der Waals surface area contributed by atoms with Gasteiger partial charge in [-0.05, 0) is 14.1 Å². The van der Waals surface area contributed by atoms with E-state index in [9.17, 15) is 4.79 Å². The lowest BCUT2D eigenvalue weighted by molar-refractivity contribution is -0.138. The highest BCUT2D eigenvalue weighted by Gasteiger charge is 2.10. The molecule has 0 fully saturated rings. The zero-order chi connectivity index (χ0) is 7.44. The van der Waals surface area contributed by atoms with Gasteiger partial charge in [0.25, 0.3) is 0 Å². The van der Waals surface area contributed by atoms with E-state index in [0.717, 1.165) is 0 Å². The van der Waals surface area contributed by atoms with Crippen molar-refractivity contribution in [1.29, 1.82) is 0 Å². The SMILES string of the molecule is CN(C)CC(N)C(=O)O.Cl. The van der Waals surface area contributed by atoms with Crippen LogP contribution in [0.1, 0.15) is 0 Å². The standard InChI is InChI=1S/C5H12N2O2.ClH/c1-7(2)3-4(6)5(8)9;/h4H,3,6H2,1-2H3,(H,8,9);1H. The molecule has 0 radical (unpaired) electrons. The molecule has 10 heavy (non-hydrogen) atoms. The average molecular weight is 169 g/mol. The highest BCUT2D eigenvalue weighted by atomic mass is 35.5. The summed E-state index contributed by atoms with van der Waals surface area (Å²) in [5.74, 6) is -0.955. The van der Waals surface area contributed by atoms with Crippen LogP contribution in [-0.4, -0.2) is 42.7 Å². The second kappa shape index (κ2) is 5.46. The fraction of sp³-hybridized carbons (Fsp3) is 0.800. The van der Waals surface area contributed by atoms with Crippen LogP contribution in [-0.2, 0) is 4.79 Å². The van der Waals surface area contributed by atoms with E-state index in [2.05, 4.69) is 0 Å². The number of hydrogen-bond acceptors (Lipinski definition) is 3. The van der Waals surface area contributed by atoms with Crippen molar-refractivity contribution in [3.63, 3.8) is 0 Å². The number of rotatable bonds is 3. The van der Waals surface area contributed by atoms with Gasteiger partial charge in [0.2, 0.25) is 0 Å². The Labute approximate surface area is 66.4 Å². The molecule has 62 valence electrons. The first-order valence-corrected chi connectivity index (χ1v) is 2.67. The minimum absolute atomic E-state index is 0. The van der Waals surface area contributed by atoms with E-state index in [0.29, 0.717) is 6.54 Å². The molecule has 0 saturated carbocycles. The number of nitrogens with two attached hydrogens (primary N) is 1. The van der Waals surface area contributed by atoms with Crippen molar-refractivity contribution in [2.75, 3.05) is 20.6 Å². The summed E-state index contributed by atoms with van der Waals surface area (Å²) in [7, 11) is 3.56. The lowest BCUT2D eigenvalue weighted by Crippen LogP contribution is -2.39. The van der Waals surface area contributed by atoms with E-state index in [1.54, 1.807) is 19.0 Å². The van der Waals surface area contributed by atoms with Crippen LogP contribution in [0.15, 0.2) is 0 Å². The molecule has 0 aromatic heterocycles. The number of aliphatic carboxylic acids is 1. The number of carbonyl (C=O) groups is 1. The van der Waals surface area contributed by atoms with Gasteiger partial charge in [-0.15, -0.1) is 12.4 Å². The summed E-state index contributed by atoms with van der Waals surface area (Å²) in [5.41, 5.74) is 5.18. The molecule has 5 heteroatoms. The molecule has 1 unspecified atom stereocenters. The van der Waals surface area contributed by atoms with Crippen molar-refractivity contribution in [3.05, 3.63) is 0 Å². The van der Waals surface area contributed by atoms with Crippen LogP contribution >= 0.6 is 12.4 Å². The molecule has 0 aliphatic heterocycles. The minimum Gasteiger partial charge on any atom is -0.480 e. The van der Waals surface area contributed by atoms with E-state index in [1.807, 2.05) is 0 Å². The first-order valence-electron chi connectivity index (χ1n) is 2.67. The predicted octanol–water partition coefficient (Wildman–Crippen LogP) is -0.618. The summed E-state index contributed by atoms with van der Waals surface area (Å²) in [6, 6.07) is -0.764. The molecule has 0 aromatic rings. The van der Waals surface area contributed by atoms with E-state index in [1.165, 1.54) is 0 Å². The number of likely N-dealkylation sites (N-methyl/N-ethyl adjacent to an activating group) is 1. The van der Waals surface area contributed by atoms with Crippen LogP contribution in [0.3, 0.4) is 0 Å². The van der Waals surface area contributed by atoms with Gasteiger partial charge in [-0.3, -0.25) is 4.79 Å². The zero-order valence-electron chi connectivity index (χ0n) is 6.07. The normalized spacial score (nSPS) is 12.4. The number of halogens is 1. The molecule has 0 aromatic carbocycles. The lowest BCUT2D eigenvalue weighted by atomic mass is 10.3. The Balaban J connectivity index is 0. The Morgan fingerprint density at radius 1 is 1.70 bits per heavy atom. The molecule has 0 heterocycles. The van der Waals surface area contributed by atoms with Gasteiger partial charge in [0, 0.05) is 6.54 Å². The number of hydrogen-bond donors (Lipinski definition) is 2. The Morgan fingerprint density at radius 3 is 2.20 bits per heavy atom. The summed E-state index contributed by atoms with van der Waals surface area (Å²) in [6.45, 7) is 0.384. The highest BCUT2D eigenvalue weighted by molar-refractivity contribution is 5.85. The first kappa shape index (κ1) is 12.4. The van der Waals surface area contributed by atoms with Gasteiger partial charge >= 0.3 is 5.97 Å². The van der Waals surface area contributed by atoms with E-state index in [-0.39, 0.29) is 12.4 Å². The topological polar surface area (TPSA) is 66.6 Å². The quantitative estimate of drug-likeness (QED) is 0.590. The molecule has 0 spiro atoms. The molecule has 0 aliphatic rings. The number of nitrogens with zero attached hydrogens (tertiary/aromatic N) is 1. The maximum atomic E-state index is 10.1. The van der Waals surface area contributed by atoms with Gasteiger partial charge in [-0.25, -0.2) is 0 Å². The van der Waals surface area contributed by atoms with Gasteiger partial charge in [-0.2, -0.15) is 0 Å². The molecule has 0 aliphatic carbocycles. The lowest BCUT2D eigenvalue weighted by Gasteiger charge is -2.11. The van der Waals surface area contributed by atoms with Gasteiger partial charge in [-0.1, -0.05) is 0 Å². The molecular weight excluding hydrogens is 156 g/mol. The smallest absolute Gasteiger partial charge is 0.321 e. The molecule has 0 saturated heterocycles. The summed E-state index contributed by atoms with van der Waals surface area (Å²) < 4.78 is 0. The maximum absolute atomic E-state index is 10.1. The molecule has 3 N–H and O–H groups in total. The van der Waals surface area contributed by atoms with Gasteiger partial charge < -0.3 is 15.7 Å². The first-order chi connectivity index (χ1) is 4.04. The highest BCUT2D eigenvalue weighted by Crippen LogP contribution is 1.80. The monoisotopic (exact) mass is 168 g/mol. The summed E-state index contributed by atoms with van der Waals surface area (Å²) >= 11 is 0. The molecular formula is C5H13ClN2O2. The van der Waals surface area contributed by atoms with Gasteiger partial charge in [0.1, 0.15) is 6.04 Å². The zero-order valence-corrected chi connectivity index (χ0v) is 6.89. The summed E-state index contributed by atoms with van der Waals surface area (Å²) in [4.78, 5) is 11.8. The van der Waals surface area contributed by atoms with Crippen molar-refractivity contribution in [1.82, 2.24) is 4.90 Å². The van der Waals surface area contributed by atoms with Crippen LogP contribution in [0.25, 0.3) is 0 Å². The van der Waals surface area contributed by atoms with Crippen LogP contribution in [0.2, 0.25) is 0 Å². The Kier molecular flexibility index (Phi) is 6.76. The molecule has 4 nitrogen and oxygen atoms in total. The average Bonchev–Trinajstić information content (AvgIpc) is 1.63. The van der Waals surface area contributed by atoms with Crippen molar-refractivity contribution in [2.45, 2.75) is 6.04 Å². The second-order valence-corrected chi connectivity index (χ2v) is 2.21. The van der Waals surface area contributed by atoms with E-state index in [4.69, 9.17) is 10.8 Å². The summed E-state index contributed by atoms with van der Waals surface area (Å²) in [5, 5.41) is 8.28. The second-order valence-electron chi connectivity index (χ2n) is 2.21. The van der Waals surface area contributed by atoms with Crippen LogP contribution in [0.5, 0.6) is 0 Å². The molecule has 0 bridgehead atoms. The largest absolute Gasteiger partial charge is 0.480 e. The Bertz CT molecular complexity index is 108. The minimum atomic E-state index is -0.955. The van der Waals surface area contributed by atoms with Gasteiger partial charge in [0.05, 0.1) is 0 Å². The third kappa shape index (κ3) is 5.81. The van der Waals surface area contributed by atoms with Crippen LogP contribution in [0.4, 0.5) is 0 Å². The number of carboxylic acids is 1. The van der Waals surface area contributed by atoms with E-state index >= 15 is 0 Å². The molecule has 0 rings (SSSR count). The van der Waals surface area contributed by atoms with Gasteiger partial charge in [0.15, 0.2) is 0 Å². The molecule has 1 atom stereocenters. The van der Waals surface area contributed by atoms with Crippen LogP contribution < -0.4 is 5.73 Å². The predicted molar refractivity (Wildman–Crippen MR) is 41.4 cm³/mol. The fourth-order valence-corrected chi connectivity index (χ4v) is 0.471. The third-order valence-electron chi connectivity index (χ3n) is 0.879. The van der Waals surface area contributed by atoms with Crippen molar-refractivity contribution >= 4 is 18.4 Å². The third-order valence-corrected chi connectivity index (χ3v) is 0.879. The summed E-state index contributed by atoms with van der Waals surface area (Å²) in [6.07, 6.45) is 0. The Hall–Kier alpha value is -0.320. The van der Waals surface area contributed by atoms with E-state index < -0.39 is 12.0 Å². The maximum Gasteiger partial charge on any atom is 0.321 e.